The van der Waals surface area contributed by atoms with E-state index >= 15 is 0 Å². The van der Waals surface area contributed by atoms with Gasteiger partial charge in [0, 0.05) is 25.8 Å². The topological polar surface area (TPSA) is 89.9 Å². The van der Waals surface area contributed by atoms with Crippen molar-refractivity contribution in [3.63, 3.8) is 0 Å². The quantitative estimate of drug-likeness (QED) is 0.684. The number of hydrogen-bond acceptors (Lipinski definition) is 5. The van der Waals surface area contributed by atoms with Crippen molar-refractivity contribution in [2.75, 3.05) is 26.2 Å². The maximum absolute atomic E-state index is 12.7. The molecule has 160 valence electrons. The van der Waals surface area contributed by atoms with Gasteiger partial charge >= 0.3 is 6.09 Å². The lowest BCUT2D eigenvalue weighted by atomic mass is 9.94. The largest absolute Gasteiger partial charge is 0.487 e. The van der Waals surface area contributed by atoms with E-state index in [4.69, 9.17) is 9.47 Å². The van der Waals surface area contributed by atoms with Gasteiger partial charge < -0.3 is 24.3 Å². The summed E-state index contributed by atoms with van der Waals surface area (Å²) in [5, 5.41) is 2.88. The Hall–Kier alpha value is -2.03. The average molecular weight is 470 g/mol. The molecule has 3 heterocycles. The number of pyridine rings is 1. The summed E-state index contributed by atoms with van der Waals surface area (Å²) < 4.78 is 13.4. The van der Waals surface area contributed by atoms with E-state index in [0.29, 0.717) is 37.1 Å². The first-order valence-corrected chi connectivity index (χ1v) is 10.7. The normalized spacial score (nSPS) is 21.1. The van der Waals surface area contributed by atoms with E-state index in [1.54, 1.807) is 11.1 Å². The summed E-state index contributed by atoms with van der Waals surface area (Å²) in [6.45, 7) is 9.11. The van der Waals surface area contributed by atoms with E-state index in [9.17, 15) is 14.4 Å². The molecule has 0 aliphatic carbocycles. The van der Waals surface area contributed by atoms with E-state index < -0.39 is 11.1 Å². The minimum atomic E-state index is -0.584. The van der Waals surface area contributed by atoms with Crippen LogP contribution in [-0.4, -0.2) is 53.3 Å². The smallest absolute Gasteiger partial charge is 0.410 e. The Morgan fingerprint density at radius 2 is 2.07 bits per heavy atom. The van der Waals surface area contributed by atoms with Crippen molar-refractivity contribution in [3.05, 3.63) is 26.6 Å². The molecule has 0 bridgehead atoms. The lowest BCUT2D eigenvalue weighted by Gasteiger charge is -2.38. The molecule has 1 spiro atoms. The van der Waals surface area contributed by atoms with Gasteiger partial charge in [0.1, 0.15) is 5.60 Å². The van der Waals surface area contributed by atoms with Gasteiger partial charge in [-0.05, 0) is 49.5 Å². The first-order valence-electron chi connectivity index (χ1n) is 9.92. The number of carbonyl (C=O) groups excluding carboxylic acids is 2. The first kappa shape index (κ1) is 21.7. The highest BCUT2D eigenvalue weighted by atomic mass is 79.9. The average Bonchev–Trinajstić information content (AvgIpc) is 3.06. The Kier molecular flexibility index (Phi) is 5.98. The van der Waals surface area contributed by atoms with E-state index in [0.717, 1.165) is 12.8 Å². The van der Waals surface area contributed by atoms with Crippen LogP contribution in [0.1, 0.15) is 57.4 Å². The number of nitrogens with one attached hydrogen (secondary N) is 1. The lowest BCUT2D eigenvalue weighted by molar-refractivity contribution is 0.0272. The molecule has 29 heavy (non-hydrogen) atoms. The maximum atomic E-state index is 12.7. The Balaban J connectivity index is 1.98. The summed E-state index contributed by atoms with van der Waals surface area (Å²) in [4.78, 5) is 39.5. The Bertz CT molecular complexity index is 876. The molecule has 8 nitrogen and oxygen atoms in total. The van der Waals surface area contributed by atoms with Crippen molar-refractivity contribution < 1.29 is 19.1 Å². The zero-order valence-electron chi connectivity index (χ0n) is 17.3. The van der Waals surface area contributed by atoms with Gasteiger partial charge in [0.2, 0.25) is 5.43 Å². The third-order valence-electron chi connectivity index (χ3n) is 5.15. The summed E-state index contributed by atoms with van der Waals surface area (Å²) >= 11 is 3.32. The van der Waals surface area contributed by atoms with Crippen LogP contribution >= 0.6 is 15.9 Å². The number of hydrogen-bond donors (Lipinski definition) is 1. The van der Waals surface area contributed by atoms with Crippen molar-refractivity contribution in [1.29, 1.82) is 0 Å². The minimum Gasteiger partial charge on any atom is -0.487 e. The summed E-state index contributed by atoms with van der Waals surface area (Å²) in [6.07, 6.45) is 3.58. The number of likely N-dealkylation sites (tertiary alicyclic amines) is 1. The molecule has 0 aromatic carbocycles. The second-order valence-electron chi connectivity index (χ2n) is 8.61. The molecule has 1 atom stereocenters. The van der Waals surface area contributed by atoms with Gasteiger partial charge in [0.25, 0.3) is 5.91 Å². The summed E-state index contributed by atoms with van der Waals surface area (Å²) in [6, 6.07) is 0. The summed E-state index contributed by atoms with van der Waals surface area (Å²) in [5.41, 5.74) is -1.27. The van der Waals surface area contributed by atoms with Gasteiger partial charge in [-0.1, -0.05) is 13.3 Å². The number of halogens is 1. The van der Waals surface area contributed by atoms with Crippen LogP contribution < -0.4 is 15.5 Å². The number of fused-ring (bicyclic) bond motifs is 2. The fourth-order valence-corrected chi connectivity index (χ4v) is 4.08. The molecule has 2 aliphatic heterocycles. The van der Waals surface area contributed by atoms with Crippen LogP contribution in [0.5, 0.6) is 5.75 Å². The fourth-order valence-electron chi connectivity index (χ4n) is 3.69. The molecule has 1 aromatic heterocycles. The van der Waals surface area contributed by atoms with Crippen LogP contribution in [0, 0.1) is 0 Å². The molecule has 1 unspecified atom stereocenters. The molecule has 1 aromatic rings. The molecule has 2 amide bonds. The molecule has 2 aliphatic rings. The molecule has 0 saturated carbocycles. The number of aromatic nitrogens is 1. The number of rotatable bonds is 4. The maximum Gasteiger partial charge on any atom is 0.410 e. The van der Waals surface area contributed by atoms with Crippen LogP contribution in [-0.2, 0) is 10.3 Å². The first-order chi connectivity index (χ1) is 13.6. The van der Waals surface area contributed by atoms with Gasteiger partial charge in [-0.3, -0.25) is 9.59 Å². The van der Waals surface area contributed by atoms with E-state index in [-0.39, 0.29) is 28.9 Å². The zero-order valence-corrected chi connectivity index (χ0v) is 18.9. The molecular weight excluding hydrogens is 442 g/mol. The molecule has 1 N–H and O–H groups in total. The molecule has 0 radical (unpaired) electrons. The second kappa shape index (κ2) is 8.01. The van der Waals surface area contributed by atoms with Crippen molar-refractivity contribution in [3.8, 4) is 5.75 Å². The van der Waals surface area contributed by atoms with Crippen molar-refractivity contribution in [1.82, 2.24) is 14.8 Å². The Morgan fingerprint density at radius 3 is 2.72 bits per heavy atom. The highest BCUT2D eigenvalue weighted by Gasteiger charge is 2.47. The monoisotopic (exact) mass is 469 g/mol. The van der Waals surface area contributed by atoms with Gasteiger partial charge in [-0.25, -0.2) is 4.79 Å². The van der Waals surface area contributed by atoms with Crippen LogP contribution in [0.15, 0.2) is 15.5 Å². The van der Waals surface area contributed by atoms with Crippen LogP contribution in [0.4, 0.5) is 4.79 Å². The van der Waals surface area contributed by atoms with Crippen LogP contribution in [0.2, 0.25) is 0 Å². The van der Waals surface area contributed by atoms with Crippen LogP contribution in [0.25, 0.3) is 0 Å². The standard InChI is InChI=1S/C20H28BrN3O5/c1-5-6-9-28-16-14-17(26)22-11-20(24(14)10-13(21)15(16)25)7-8-23(12-20)18(27)29-19(2,3)4/h10H,5-9,11-12H2,1-4H3,(H,22,26). The van der Waals surface area contributed by atoms with Crippen molar-refractivity contribution >= 4 is 27.9 Å². The number of amides is 2. The highest BCUT2D eigenvalue weighted by molar-refractivity contribution is 9.10. The lowest BCUT2D eigenvalue weighted by Crippen LogP contribution is -2.54. The number of carbonyl (C=O) groups is 2. The molecule has 1 saturated heterocycles. The zero-order chi connectivity index (χ0) is 21.4. The number of unbranched alkanes of at least 4 members (excludes halogenated alkanes) is 1. The third-order valence-corrected chi connectivity index (χ3v) is 5.72. The van der Waals surface area contributed by atoms with Crippen LogP contribution in [0.3, 0.4) is 0 Å². The molecule has 3 rings (SSSR count). The summed E-state index contributed by atoms with van der Waals surface area (Å²) in [5.74, 6) is -0.289. The number of ether oxygens (including phenoxy) is 2. The minimum absolute atomic E-state index is 0.0557. The SMILES string of the molecule is CCCCOc1c2n(cc(Br)c1=O)C1(CCN(C(=O)OC(C)(C)C)C1)CNC2=O. The predicted octanol–water partition coefficient (Wildman–Crippen LogP) is 2.87. The molecule has 9 heteroatoms. The molecule has 1 fully saturated rings. The summed E-state index contributed by atoms with van der Waals surface area (Å²) in [7, 11) is 0. The predicted molar refractivity (Wildman–Crippen MR) is 112 cm³/mol. The fraction of sp³-hybridized carbons (Fsp3) is 0.650. The molecular formula is C20H28BrN3O5. The number of nitrogens with zero attached hydrogens (tertiary/aromatic N) is 2. The van der Waals surface area contributed by atoms with Gasteiger partial charge in [-0.2, -0.15) is 0 Å². The van der Waals surface area contributed by atoms with Crippen molar-refractivity contribution in [2.24, 2.45) is 0 Å². The Morgan fingerprint density at radius 1 is 1.34 bits per heavy atom. The van der Waals surface area contributed by atoms with Crippen molar-refractivity contribution in [2.45, 2.75) is 58.1 Å². The van der Waals surface area contributed by atoms with Gasteiger partial charge in [0.15, 0.2) is 11.4 Å². The van der Waals surface area contributed by atoms with E-state index in [2.05, 4.69) is 21.2 Å². The second-order valence-corrected chi connectivity index (χ2v) is 9.47. The van der Waals surface area contributed by atoms with E-state index in [1.165, 1.54) is 0 Å². The third kappa shape index (κ3) is 4.29. The highest BCUT2D eigenvalue weighted by Crippen LogP contribution is 2.36. The van der Waals surface area contributed by atoms with E-state index in [1.807, 2.05) is 32.3 Å². The Labute approximate surface area is 178 Å². The van der Waals surface area contributed by atoms with Gasteiger partial charge in [-0.15, -0.1) is 0 Å². The van der Waals surface area contributed by atoms with Gasteiger partial charge in [0.05, 0.1) is 16.6 Å².